The van der Waals surface area contributed by atoms with Crippen LogP contribution in [-0.2, 0) is 31.8 Å². The van der Waals surface area contributed by atoms with Crippen molar-refractivity contribution in [2.24, 2.45) is 0 Å². The average Bonchev–Trinajstić information content (AvgIpc) is 1.69. The molecule has 56 valence electrons. The second-order valence-corrected chi connectivity index (χ2v) is 3.88. The van der Waals surface area contributed by atoms with Gasteiger partial charge in [-0.1, -0.05) is 0 Å². The topological polar surface area (TPSA) is 114 Å². The Morgan fingerprint density at radius 1 is 1.18 bits per heavy atom. The molecule has 0 radical (unpaired) electrons. The zero-order chi connectivity index (χ0) is 8.08. The summed E-state index contributed by atoms with van der Waals surface area (Å²) in [6, 6.07) is 0. The monoisotopic (exact) mass is 238 g/mol. The molecule has 0 saturated carbocycles. The second kappa shape index (κ2) is 12.0. The largest absolute Gasteiger partial charge is 1.00 e. The Hall–Kier alpha value is 2.04. The van der Waals surface area contributed by atoms with Crippen molar-refractivity contribution >= 4 is 31.8 Å². The van der Waals surface area contributed by atoms with E-state index in [-0.39, 0.29) is 59.1 Å². The van der Waals surface area contributed by atoms with Crippen LogP contribution in [0.15, 0.2) is 0 Å². The van der Waals surface area contributed by atoms with E-state index in [4.69, 9.17) is 25.9 Å². The molecule has 0 aliphatic heterocycles. The molecule has 0 aliphatic rings. The quantitative estimate of drug-likeness (QED) is 0.193. The number of hydrogen-bond acceptors (Lipinski definition) is 7. The summed E-state index contributed by atoms with van der Waals surface area (Å²) in [6.45, 7) is 0. The Bertz CT molecular complexity index is 182. The van der Waals surface area contributed by atoms with Gasteiger partial charge in [-0.2, -0.15) is 4.21 Å². The van der Waals surface area contributed by atoms with Crippen LogP contribution in [0.3, 0.4) is 0 Å². The summed E-state index contributed by atoms with van der Waals surface area (Å²) in [4.78, 5) is 0. The molecular weight excluding hydrogens is 238 g/mol. The first-order valence-corrected chi connectivity index (χ1v) is 4.50. The van der Waals surface area contributed by atoms with Crippen molar-refractivity contribution in [2.75, 3.05) is 0 Å². The summed E-state index contributed by atoms with van der Waals surface area (Å²) in [5, 5.41) is 0. The third-order valence-corrected chi connectivity index (χ3v) is 1.50. The average molecular weight is 238 g/mol. The maximum absolute atomic E-state index is 9.16. The van der Waals surface area contributed by atoms with Gasteiger partial charge in [-0.15, -0.1) is 0 Å². The van der Waals surface area contributed by atoms with Crippen molar-refractivity contribution in [1.82, 2.24) is 0 Å². The maximum atomic E-state index is 9.16. The van der Waals surface area contributed by atoms with Crippen molar-refractivity contribution in [3.63, 3.8) is 0 Å². The molecule has 6 nitrogen and oxygen atoms in total. The van der Waals surface area contributed by atoms with Gasteiger partial charge >= 0.3 is 59.1 Å². The summed E-state index contributed by atoms with van der Waals surface area (Å²) >= 11 is 2.83. The predicted octanol–water partition coefficient (Wildman–Crippen LogP) is -8.00. The SMILES string of the molecule is O=S.O=S([O-])S(=O)(=O)[O-].[Na+].[Na+]. The molecule has 0 saturated heterocycles. The van der Waals surface area contributed by atoms with Crippen LogP contribution in [0.4, 0.5) is 0 Å². The molecule has 11 heteroatoms. The molecule has 0 fully saturated rings. The third-order valence-electron chi connectivity index (χ3n) is 0.167. The first kappa shape index (κ1) is 23.1. The smallest absolute Gasteiger partial charge is 0.761 e. The molecule has 0 rings (SSSR count). The van der Waals surface area contributed by atoms with Crippen molar-refractivity contribution in [3.8, 4) is 0 Å². The molecule has 0 heterocycles. The molecule has 0 aliphatic carbocycles. The molecule has 0 aromatic heterocycles. The molecule has 0 aromatic carbocycles. The Balaban J connectivity index is -0.0000000564. The zero-order valence-electron chi connectivity index (χ0n) is 5.67. The van der Waals surface area contributed by atoms with Crippen LogP contribution in [0.25, 0.3) is 0 Å². The Labute approximate surface area is 115 Å². The predicted molar refractivity (Wildman–Crippen MR) is 26.8 cm³/mol. The van der Waals surface area contributed by atoms with E-state index in [0.29, 0.717) is 0 Å². The molecule has 0 N–H and O–H groups in total. The van der Waals surface area contributed by atoms with Crippen molar-refractivity contribution < 1.29 is 85.1 Å². The van der Waals surface area contributed by atoms with Crippen molar-refractivity contribution in [2.45, 2.75) is 0 Å². The van der Waals surface area contributed by atoms with Crippen molar-refractivity contribution in [3.05, 3.63) is 0 Å². The first-order chi connectivity index (χ1) is 3.94. The summed E-state index contributed by atoms with van der Waals surface area (Å²) in [7, 11) is -8.59. The number of rotatable bonds is 1. The molecule has 0 amide bonds. The molecule has 1 unspecified atom stereocenters. The number of hydrogen-bond donors (Lipinski definition) is 0. The molecule has 11 heavy (non-hydrogen) atoms. The Kier molecular flexibility index (Phi) is 25.3. The fraction of sp³-hybridized carbons (Fsp3) is 0. The molecular formula is Na2O6S3. The van der Waals surface area contributed by atoms with E-state index >= 15 is 0 Å². The van der Waals surface area contributed by atoms with Crippen LogP contribution < -0.4 is 59.1 Å². The van der Waals surface area contributed by atoms with Crippen LogP contribution in [0.2, 0.25) is 0 Å². The van der Waals surface area contributed by atoms with Gasteiger partial charge in [-0.05, 0) is 0 Å². The van der Waals surface area contributed by atoms with E-state index < -0.39 is 19.3 Å². The zero-order valence-corrected chi connectivity index (χ0v) is 12.1. The second-order valence-electron chi connectivity index (χ2n) is 0.612. The minimum absolute atomic E-state index is 0. The maximum Gasteiger partial charge on any atom is 1.00 e. The normalized spacial score (nSPS) is 10.7. The van der Waals surface area contributed by atoms with E-state index in [0.717, 1.165) is 0 Å². The summed E-state index contributed by atoms with van der Waals surface area (Å²) in [6.07, 6.45) is 0. The van der Waals surface area contributed by atoms with Gasteiger partial charge in [0.1, 0.15) is 0 Å². The van der Waals surface area contributed by atoms with E-state index in [9.17, 15) is 0 Å². The van der Waals surface area contributed by atoms with Gasteiger partial charge in [0.05, 0.1) is 10.1 Å². The van der Waals surface area contributed by atoms with Gasteiger partial charge in [0.2, 0.25) is 0 Å². The van der Waals surface area contributed by atoms with Gasteiger partial charge in [0.15, 0.2) is 21.7 Å². The van der Waals surface area contributed by atoms with Gasteiger partial charge in [-0.25, -0.2) is 8.42 Å². The van der Waals surface area contributed by atoms with E-state index in [2.05, 4.69) is 12.5 Å². The molecule has 0 bridgehead atoms. The minimum Gasteiger partial charge on any atom is -0.761 e. The van der Waals surface area contributed by atoms with Crippen LogP contribution in [0, 0.1) is 0 Å². The van der Waals surface area contributed by atoms with Crippen LogP contribution in [-0.4, -0.2) is 25.9 Å². The summed E-state index contributed by atoms with van der Waals surface area (Å²) in [5.41, 5.74) is 0. The van der Waals surface area contributed by atoms with E-state index in [1.54, 1.807) is 0 Å². The molecule has 1 atom stereocenters. The van der Waals surface area contributed by atoms with E-state index in [1.807, 2.05) is 0 Å². The fourth-order valence-corrected chi connectivity index (χ4v) is 0. The Morgan fingerprint density at radius 2 is 1.27 bits per heavy atom. The van der Waals surface area contributed by atoms with Crippen molar-refractivity contribution in [1.29, 1.82) is 0 Å². The third kappa shape index (κ3) is 18.8. The van der Waals surface area contributed by atoms with Gasteiger partial charge in [0, 0.05) is 0 Å². The minimum atomic E-state index is -5.07. The first-order valence-electron chi connectivity index (χ1n) is 1.17. The van der Waals surface area contributed by atoms with Gasteiger partial charge in [-0.3, -0.25) is 4.21 Å². The van der Waals surface area contributed by atoms with Gasteiger partial charge in [0.25, 0.3) is 0 Å². The van der Waals surface area contributed by atoms with Crippen LogP contribution in [0.5, 0.6) is 0 Å². The summed E-state index contributed by atoms with van der Waals surface area (Å²) in [5.74, 6) is 0. The van der Waals surface area contributed by atoms with E-state index in [1.165, 1.54) is 0 Å². The standard InChI is InChI=1S/2Na.H2O5S2.OS/c;;1-6(2)7(3,4)5;1-2/h;;(H,1,2)(H,3,4,5);/q2*+1;;/p-2. The van der Waals surface area contributed by atoms with Gasteiger partial charge < -0.3 is 9.11 Å². The summed E-state index contributed by atoms with van der Waals surface area (Å²) < 4.78 is 53.6. The Morgan fingerprint density at radius 3 is 1.27 bits per heavy atom. The fourth-order valence-electron chi connectivity index (χ4n) is 0. The molecule has 0 aromatic rings. The molecule has 0 spiro atoms. The van der Waals surface area contributed by atoms with Crippen LogP contribution in [0.1, 0.15) is 0 Å². The van der Waals surface area contributed by atoms with Crippen LogP contribution >= 0.6 is 0 Å².